The average molecular weight is 306 g/mol. The third kappa shape index (κ3) is 1.65. The maximum absolute atomic E-state index is 13.1. The molecule has 2 aliphatic heterocycles. The van der Waals surface area contributed by atoms with Gasteiger partial charge >= 0.3 is 0 Å². The largest absolute Gasteiger partial charge is 0.315 e. The Morgan fingerprint density at radius 3 is 2.62 bits per heavy atom. The van der Waals surface area contributed by atoms with E-state index in [0.717, 1.165) is 44.5 Å². The van der Waals surface area contributed by atoms with Gasteiger partial charge in [0.15, 0.2) is 9.84 Å². The lowest BCUT2D eigenvalue weighted by Crippen LogP contribution is -2.46. The normalized spacial score (nSPS) is 38.4. The van der Waals surface area contributed by atoms with Crippen LogP contribution in [-0.2, 0) is 9.84 Å². The Morgan fingerprint density at radius 1 is 1.10 bits per heavy atom. The molecule has 1 aromatic carbocycles. The van der Waals surface area contributed by atoms with Crippen molar-refractivity contribution >= 4 is 9.84 Å². The second-order valence-corrected chi connectivity index (χ2v) is 9.05. The van der Waals surface area contributed by atoms with E-state index in [2.05, 4.69) is 10.6 Å². The van der Waals surface area contributed by atoms with E-state index in [4.69, 9.17) is 0 Å². The summed E-state index contributed by atoms with van der Waals surface area (Å²) in [6.07, 6.45) is 3.32. The molecule has 0 radical (unpaired) electrons. The number of rotatable bonds is 2. The van der Waals surface area contributed by atoms with Gasteiger partial charge in [0.2, 0.25) is 0 Å². The molecule has 2 saturated heterocycles. The molecule has 4 nitrogen and oxygen atoms in total. The van der Waals surface area contributed by atoms with Gasteiger partial charge in [-0.2, -0.15) is 0 Å². The smallest absolute Gasteiger partial charge is 0.194 e. The van der Waals surface area contributed by atoms with Gasteiger partial charge in [-0.05, 0) is 31.9 Å². The van der Waals surface area contributed by atoms with Crippen LogP contribution in [0.25, 0.3) is 0 Å². The van der Waals surface area contributed by atoms with Crippen LogP contribution in [0.5, 0.6) is 0 Å². The first kappa shape index (κ1) is 13.7. The standard InChI is InChI=1S/C16H22N2O2S/c1-12-3-5-13(6-4-12)21(19,20)14-16-8-2-7-15(16,10-18-14)9-17-11-16/h3-6,14,17-18H,2,7-11H2,1H3. The Balaban J connectivity index is 1.78. The quantitative estimate of drug-likeness (QED) is 0.868. The molecule has 114 valence electrons. The van der Waals surface area contributed by atoms with E-state index in [1.165, 1.54) is 0 Å². The van der Waals surface area contributed by atoms with E-state index in [1.807, 2.05) is 19.1 Å². The lowest BCUT2D eigenvalue weighted by Gasteiger charge is -2.35. The van der Waals surface area contributed by atoms with Crippen LogP contribution in [-0.4, -0.2) is 33.4 Å². The SMILES string of the molecule is Cc1ccc(S(=O)(=O)C2NCC34CCCC23CNC4)cc1. The van der Waals surface area contributed by atoms with Crippen molar-refractivity contribution in [2.45, 2.75) is 36.5 Å². The number of nitrogens with one attached hydrogen (secondary N) is 2. The fourth-order valence-corrected chi connectivity index (χ4v) is 7.04. The molecule has 1 aliphatic carbocycles. The van der Waals surface area contributed by atoms with Gasteiger partial charge in [-0.3, -0.25) is 5.32 Å². The predicted octanol–water partition coefficient (Wildman–Crippen LogP) is 1.46. The number of hydrogen-bond acceptors (Lipinski definition) is 4. The van der Waals surface area contributed by atoms with Crippen LogP contribution in [0.15, 0.2) is 29.2 Å². The third-order valence-corrected chi connectivity index (χ3v) is 8.19. The van der Waals surface area contributed by atoms with E-state index in [9.17, 15) is 8.42 Å². The van der Waals surface area contributed by atoms with Crippen LogP contribution in [0, 0.1) is 17.8 Å². The summed E-state index contributed by atoms with van der Waals surface area (Å²) in [5, 5.41) is 6.39. The molecule has 0 bridgehead atoms. The van der Waals surface area contributed by atoms with Crippen molar-refractivity contribution in [1.82, 2.24) is 10.6 Å². The molecule has 21 heavy (non-hydrogen) atoms. The molecule has 3 unspecified atom stereocenters. The fraction of sp³-hybridized carbons (Fsp3) is 0.625. The van der Waals surface area contributed by atoms with Crippen molar-refractivity contribution in [1.29, 1.82) is 0 Å². The molecule has 0 aromatic heterocycles. The zero-order valence-corrected chi connectivity index (χ0v) is 13.2. The van der Waals surface area contributed by atoms with Crippen LogP contribution in [0.2, 0.25) is 0 Å². The number of benzene rings is 1. The average Bonchev–Trinajstić information content (AvgIpc) is 3.00. The summed E-state index contributed by atoms with van der Waals surface area (Å²) in [5.74, 6) is 0. The molecule has 3 fully saturated rings. The molecule has 3 atom stereocenters. The Morgan fingerprint density at radius 2 is 1.86 bits per heavy atom. The predicted molar refractivity (Wildman–Crippen MR) is 81.7 cm³/mol. The zero-order valence-electron chi connectivity index (χ0n) is 12.4. The summed E-state index contributed by atoms with van der Waals surface area (Å²) in [6.45, 7) is 4.59. The Kier molecular flexibility index (Phi) is 2.82. The van der Waals surface area contributed by atoms with Crippen molar-refractivity contribution in [3.63, 3.8) is 0 Å². The van der Waals surface area contributed by atoms with Gasteiger partial charge in [0.25, 0.3) is 0 Å². The molecule has 4 rings (SSSR count). The van der Waals surface area contributed by atoms with Gasteiger partial charge in [-0.15, -0.1) is 0 Å². The Hall–Kier alpha value is -0.910. The molecule has 5 heteroatoms. The second kappa shape index (κ2) is 4.31. The molecule has 2 heterocycles. The summed E-state index contributed by atoms with van der Waals surface area (Å²) in [5.41, 5.74) is 1.12. The summed E-state index contributed by atoms with van der Waals surface area (Å²) in [7, 11) is -3.33. The van der Waals surface area contributed by atoms with Crippen molar-refractivity contribution < 1.29 is 8.42 Å². The highest BCUT2D eigenvalue weighted by atomic mass is 32.2. The highest BCUT2D eigenvalue weighted by Crippen LogP contribution is 2.61. The van der Waals surface area contributed by atoms with Gasteiger partial charge < -0.3 is 5.32 Å². The van der Waals surface area contributed by atoms with Gasteiger partial charge in [0.1, 0.15) is 5.37 Å². The molecule has 0 amide bonds. The Bertz CT molecular complexity index is 656. The highest BCUT2D eigenvalue weighted by molar-refractivity contribution is 7.92. The van der Waals surface area contributed by atoms with Crippen LogP contribution in [0.4, 0.5) is 0 Å². The van der Waals surface area contributed by atoms with Crippen LogP contribution >= 0.6 is 0 Å². The van der Waals surface area contributed by atoms with Crippen molar-refractivity contribution in [2.75, 3.05) is 19.6 Å². The number of hydrogen-bond donors (Lipinski definition) is 2. The van der Waals surface area contributed by atoms with E-state index < -0.39 is 15.2 Å². The van der Waals surface area contributed by atoms with E-state index in [-0.39, 0.29) is 10.8 Å². The molecule has 1 saturated carbocycles. The van der Waals surface area contributed by atoms with Crippen LogP contribution in [0.1, 0.15) is 24.8 Å². The van der Waals surface area contributed by atoms with Crippen molar-refractivity contribution in [3.05, 3.63) is 29.8 Å². The minimum absolute atomic E-state index is 0.114. The molecule has 0 spiro atoms. The summed E-state index contributed by atoms with van der Waals surface area (Å²) >= 11 is 0. The van der Waals surface area contributed by atoms with Gasteiger partial charge in [0, 0.05) is 30.5 Å². The minimum Gasteiger partial charge on any atom is -0.315 e. The molecule has 2 N–H and O–H groups in total. The van der Waals surface area contributed by atoms with Gasteiger partial charge in [-0.1, -0.05) is 24.1 Å². The first-order chi connectivity index (χ1) is 10.0. The second-order valence-electron chi connectivity index (χ2n) is 7.01. The first-order valence-electron chi connectivity index (χ1n) is 7.75. The van der Waals surface area contributed by atoms with E-state index in [1.54, 1.807) is 12.1 Å². The number of aryl methyl sites for hydroxylation is 1. The zero-order chi connectivity index (χ0) is 14.7. The molecule has 3 aliphatic rings. The maximum atomic E-state index is 13.1. The van der Waals surface area contributed by atoms with E-state index in [0.29, 0.717) is 4.90 Å². The fourth-order valence-electron chi connectivity index (χ4n) is 4.90. The highest BCUT2D eigenvalue weighted by Gasteiger charge is 2.67. The molecular weight excluding hydrogens is 284 g/mol. The number of sulfone groups is 1. The third-order valence-electron chi connectivity index (χ3n) is 6.03. The van der Waals surface area contributed by atoms with Gasteiger partial charge in [0.05, 0.1) is 4.90 Å². The van der Waals surface area contributed by atoms with Crippen molar-refractivity contribution in [3.8, 4) is 0 Å². The summed E-state index contributed by atoms with van der Waals surface area (Å²) in [4.78, 5) is 0.453. The Labute approximate surface area is 126 Å². The molecule has 1 aromatic rings. The minimum atomic E-state index is -3.33. The molecular formula is C16H22N2O2S. The van der Waals surface area contributed by atoms with E-state index >= 15 is 0 Å². The topological polar surface area (TPSA) is 58.2 Å². The monoisotopic (exact) mass is 306 g/mol. The first-order valence-corrected chi connectivity index (χ1v) is 9.30. The van der Waals surface area contributed by atoms with Crippen molar-refractivity contribution in [2.24, 2.45) is 10.8 Å². The van der Waals surface area contributed by atoms with Gasteiger partial charge in [-0.25, -0.2) is 8.42 Å². The summed E-state index contributed by atoms with van der Waals surface area (Å²) < 4.78 is 26.3. The lowest BCUT2D eigenvalue weighted by molar-refractivity contribution is 0.198. The van der Waals surface area contributed by atoms with Crippen LogP contribution < -0.4 is 10.6 Å². The maximum Gasteiger partial charge on any atom is 0.194 e. The lowest BCUT2D eigenvalue weighted by atomic mass is 9.71. The van der Waals surface area contributed by atoms with Crippen LogP contribution in [0.3, 0.4) is 0 Å². The summed E-state index contributed by atoms with van der Waals surface area (Å²) in [6, 6.07) is 7.27.